The number of hydrogen-bond acceptors (Lipinski definition) is 6. The molecule has 1 aliphatic rings. The molecule has 8 nitrogen and oxygen atoms in total. The second-order valence-corrected chi connectivity index (χ2v) is 5.74. The summed E-state index contributed by atoms with van der Waals surface area (Å²) >= 11 is 0. The number of rotatable bonds is 5. The first-order valence-corrected chi connectivity index (χ1v) is 7.61. The average molecular weight is 312 g/mol. The zero-order valence-corrected chi connectivity index (χ0v) is 12.7. The molecule has 3 heterocycles. The minimum atomic E-state index is -0.147. The van der Waals surface area contributed by atoms with Crippen LogP contribution in [0, 0.1) is 6.92 Å². The second kappa shape index (κ2) is 5.45. The number of aromatic nitrogens is 5. The van der Waals surface area contributed by atoms with Crippen molar-refractivity contribution in [2.75, 3.05) is 6.54 Å². The summed E-state index contributed by atoms with van der Waals surface area (Å²) < 4.78 is 6.93. The summed E-state index contributed by atoms with van der Waals surface area (Å²) in [5.74, 6) is 0.289. The van der Waals surface area contributed by atoms with Gasteiger partial charge in [-0.05, 0) is 25.8 Å². The first-order valence-electron chi connectivity index (χ1n) is 7.61. The summed E-state index contributed by atoms with van der Waals surface area (Å²) in [7, 11) is 0. The number of amides is 1. The fourth-order valence-electron chi connectivity index (χ4n) is 2.61. The van der Waals surface area contributed by atoms with Gasteiger partial charge in [0, 0.05) is 24.4 Å². The molecule has 0 atom stereocenters. The van der Waals surface area contributed by atoms with Crippen molar-refractivity contribution in [3.05, 3.63) is 35.4 Å². The van der Waals surface area contributed by atoms with Gasteiger partial charge in [-0.25, -0.2) is 4.98 Å². The first kappa shape index (κ1) is 13.9. The maximum absolute atomic E-state index is 12.6. The van der Waals surface area contributed by atoms with Crippen molar-refractivity contribution in [2.24, 2.45) is 0 Å². The van der Waals surface area contributed by atoms with Gasteiger partial charge in [0.1, 0.15) is 0 Å². The SMILES string of the molecule is Cc1noc2nc(C3CC3)cc(C(=O)NCCn3ccnn3)c12. The van der Waals surface area contributed by atoms with Gasteiger partial charge in [0.2, 0.25) is 0 Å². The van der Waals surface area contributed by atoms with Crippen molar-refractivity contribution in [2.45, 2.75) is 32.2 Å². The number of pyridine rings is 1. The number of nitrogens with one attached hydrogen (secondary N) is 1. The normalized spacial score (nSPS) is 14.3. The van der Waals surface area contributed by atoms with Gasteiger partial charge in [0.05, 0.1) is 29.4 Å². The van der Waals surface area contributed by atoms with E-state index < -0.39 is 0 Å². The number of aryl methyl sites for hydroxylation is 1. The van der Waals surface area contributed by atoms with Crippen LogP contribution in [0.5, 0.6) is 0 Å². The molecular formula is C15H16N6O2. The van der Waals surface area contributed by atoms with Crippen LogP contribution in [-0.2, 0) is 6.54 Å². The highest BCUT2D eigenvalue weighted by molar-refractivity contribution is 6.06. The molecule has 8 heteroatoms. The summed E-state index contributed by atoms with van der Waals surface area (Å²) in [6.45, 7) is 2.85. The second-order valence-electron chi connectivity index (χ2n) is 5.74. The lowest BCUT2D eigenvalue weighted by molar-refractivity contribution is 0.0953. The Morgan fingerprint density at radius 1 is 1.48 bits per heavy atom. The quantitative estimate of drug-likeness (QED) is 0.765. The average Bonchev–Trinajstić information content (AvgIpc) is 3.16. The van der Waals surface area contributed by atoms with E-state index in [4.69, 9.17) is 4.52 Å². The Labute approximate surface area is 131 Å². The highest BCUT2D eigenvalue weighted by atomic mass is 16.5. The number of nitrogens with zero attached hydrogens (tertiary/aromatic N) is 5. The van der Waals surface area contributed by atoms with Crippen LogP contribution in [0.1, 0.15) is 40.5 Å². The van der Waals surface area contributed by atoms with Crippen LogP contribution >= 0.6 is 0 Å². The van der Waals surface area contributed by atoms with E-state index in [1.807, 2.05) is 13.0 Å². The number of hydrogen-bond donors (Lipinski definition) is 1. The fourth-order valence-corrected chi connectivity index (χ4v) is 2.61. The van der Waals surface area contributed by atoms with Gasteiger partial charge < -0.3 is 9.84 Å². The van der Waals surface area contributed by atoms with E-state index in [1.54, 1.807) is 17.1 Å². The minimum absolute atomic E-state index is 0.147. The molecule has 23 heavy (non-hydrogen) atoms. The third-order valence-corrected chi connectivity index (χ3v) is 3.98. The van der Waals surface area contributed by atoms with Crippen molar-refractivity contribution in [3.8, 4) is 0 Å². The van der Waals surface area contributed by atoms with Gasteiger partial charge >= 0.3 is 0 Å². The van der Waals surface area contributed by atoms with E-state index in [-0.39, 0.29) is 5.91 Å². The molecule has 1 fully saturated rings. The van der Waals surface area contributed by atoms with Gasteiger partial charge in [-0.15, -0.1) is 5.10 Å². The monoisotopic (exact) mass is 312 g/mol. The molecule has 0 saturated heterocycles. The molecule has 1 aliphatic carbocycles. The van der Waals surface area contributed by atoms with E-state index in [9.17, 15) is 4.79 Å². The van der Waals surface area contributed by atoms with Crippen LogP contribution in [0.25, 0.3) is 11.1 Å². The van der Waals surface area contributed by atoms with Gasteiger partial charge in [0.15, 0.2) is 0 Å². The Kier molecular flexibility index (Phi) is 3.29. The van der Waals surface area contributed by atoms with Crippen LogP contribution in [0.2, 0.25) is 0 Å². The summed E-state index contributed by atoms with van der Waals surface area (Å²) in [4.78, 5) is 17.1. The van der Waals surface area contributed by atoms with E-state index in [2.05, 4.69) is 25.8 Å². The molecule has 0 bridgehead atoms. The molecule has 0 unspecified atom stereocenters. The van der Waals surface area contributed by atoms with Crippen molar-refractivity contribution in [3.63, 3.8) is 0 Å². The van der Waals surface area contributed by atoms with Crippen LogP contribution < -0.4 is 5.32 Å². The van der Waals surface area contributed by atoms with Crippen molar-refractivity contribution < 1.29 is 9.32 Å². The number of carbonyl (C=O) groups excluding carboxylic acids is 1. The molecule has 1 N–H and O–H groups in total. The van der Waals surface area contributed by atoms with Crippen molar-refractivity contribution in [1.82, 2.24) is 30.5 Å². The van der Waals surface area contributed by atoms with Crippen molar-refractivity contribution in [1.29, 1.82) is 0 Å². The molecule has 0 aliphatic heterocycles. The van der Waals surface area contributed by atoms with Gasteiger partial charge in [0.25, 0.3) is 11.6 Å². The molecule has 0 spiro atoms. The van der Waals surface area contributed by atoms with E-state index in [0.717, 1.165) is 18.5 Å². The third kappa shape index (κ3) is 2.67. The van der Waals surface area contributed by atoms with Gasteiger partial charge in [-0.1, -0.05) is 10.4 Å². The van der Waals surface area contributed by atoms with Crippen LogP contribution in [0.4, 0.5) is 0 Å². The van der Waals surface area contributed by atoms with Crippen LogP contribution in [-0.4, -0.2) is 37.6 Å². The maximum Gasteiger partial charge on any atom is 0.259 e. The van der Waals surface area contributed by atoms with E-state index in [0.29, 0.717) is 41.4 Å². The zero-order valence-electron chi connectivity index (χ0n) is 12.7. The first-order chi connectivity index (χ1) is 11.2. The summed E-state index contributed by atoms with van der Waals surface area (Å²) in [5.41, 5.74) is 2.61. The zero-order chi connectivity index (χ0) is 15.8. The fraction of sp³-hybridized carbons (Fsp3) is 0.400. The standard InChI is InChI=1S/C15H16N6O2/c1-9-13-11(14(22)16-4-6-21-7-5-17-20-21)8-12(10-2-3-10)18-15(13)23-19-9/h5,7-8,10H,2-4,6H2,1H3,(H,16,22). The molecule has 1 amide bonds. The van der Waals surface area contributed by atoms with Crippen molar-refractivity contribution >= 4 is 17.0 Å². The molecule has 3 aromatic rings. The molecule has 0 radical (unpaired) electrons. The van der Waals surface area contributed by atoms with Crippen LogP contribution in [0.3, 0.4) is 0 Å². The minimum Gasteiger partial charge on any atom is -0.350 e. The Morgan fingerprint density at radius 3 is 3.09 bits per heavy atom. The van der Waals surface area contributed by atoms with Crippen LogP contribution in [0.15, 0.2) is 23.0 Å². The summed E-state index contributed by atoms with van der Waals surface area (Å²) in [5, 5.41) is 15.1. The molecule has 0 aromatic carbocycles. The topological polar surface area (TPSA) is 98.7 Å². The lowest BCUT2D eigenvalue weighted by Gasteiger charge is -2.07. The van der Waals surface area contributed by atoms with Gasteiger partial charge in [-0.2, -0.15) is 0 Å². The molecule has 3 aromatic heterocycles. The molecule has 4 rings (SSSR count). The highest BCUT2D eigenvalue weighted by Crippen LogP contribution is 2.40. The smallest absolute Gasteiger partial charge is 0.259 e. The molecule has 1 saturated carbocycles. The number of carbonyl (C=O) groups is 1. The predicted molar refractivity (Wildman–Crippen MR) is 80.9 cm³/mol. The largest absolute Gasteiger partial charge is 0.350 e. The van der Waals surface area contributed by atoms with E-state index >= 15 is 0 Å². The summed E-state index contributed by atoms with van der Waals surface area (Å²) in [6.07, 6.45) is 5.58. The Bertz CT molecular complexity index is 850. The van der Waals surface area contributed by atoms with E-state index in [1.165, 1.54) is 0 Å². The van der Waals surface area contributed by atoms with Gasteiger partial charge in [-0.3, -0.25) is 9.48 Å². The Balaban J connectivity index is 1.58. The maximum atomic E-state index is 12.6. The highest BCUT2D eigenvalue weighted by Gasteiger charge is 2.28. The lowest BCUT2D eigenvalue weighted by atomic mass is 10.1. The lowest BCUT2D eigenvalue weighted by Crippen LogP contribution is -2.27. The predicted octanol–water partition coefficient (Wildman–Crippen LogP) is 1.43. The summed E-state index contributed by atoms with van der Waals surface area (Å²) in [6, 6.07) is 1.87. The molecular weight excluding hydrogens is 296 g/mol. The Hall–Kier alpha value is -2.77. The number of fused-ring (bicyclic) bond motifs is 1. The third-order valence-electron chi connectivity index (χ3n) is 3.98. The Morgan fingerprint density at radius 2 is 2.35 bits per heavy atom. The molecule has 118 valence electrons.